The van der Waals surface area contributed by atoms with Crippen LogP contribution in [0.25, 0.3) is 5.76 Å². The summed E-state index contributed by atoms with van der Waals surface area (Å²) in [6.45, 7) is 0.878. The van der Waals surface area contributed by atoms with E-state index in [2.05, 4.69) is 4.98 Å². The highest BCUT2D eigenvalue weighted by Gasteiger charge is 2.46. The maximum atomic E-state index is 13.6. The number of halogens is 1. The molecular formula is C25H19FN2O5. The Labute approximate surface area is 188 Å². The molecule has 1 unspecified atom stereocenters. The van der Waals surface area contributed by atoms with Crippen LogP contribution in [-0.4, -0.2) is 39.9 Å². The standard InChI is InChI=1S/C25H19FN2O5/c26-18-6-3-16(4-7-18)22-21(23(29)17-5-8-19-20(12-17)33-11-10-32-19)24(30)25(31)28(22)14-15-2-1-9-27-13-15/h1-9,12-13,22,29H,10-11,14H2. The number of nitrogens with zero attached hydrogens (tertiary/aromatic N) is 2. The molecule has 0 spiro atoms. The number of pyridine rings is 1. The van der Waals surface area contributed by atoms with Crippen LogP contribution in [0.2, 0.25) is 0 Å². The Hall–Kier alpha value is -4.20. The average molecular weight is 446 g/mol. The van der Waals surface area contributed by atoms with Gasteiger partial charge in [0.25, 0.3) is 11.7 Å². The number of rotatable bonds is 4. The molecule has 1 fully saturated rings. The molecule has 0 saturated carbocycles. The fourth-order valence-corrected chi connectivity index (χ4v) is 4.07. The molecule has 1 aromatic heterocycles. The number of ether oxygens (including phenoxy) is 2. The Morgan fingerprint density at radius 2 is 1.82 bits per heavy atom. The van der Waals surface area contributed by atoms with E-state index in [-0.39, 0.29) is 17.9 Å². The van der Waals surface area contributed by atoms with Crippen molar-refractivity contribution in [3.8, 4) is 11.5 Å². The van der Waals surface area contributed by atoms with Crippen molar-refractivity contribution >= 4 is 17.4 Å². The second kappa shape index (κ2) is 8.38. The number of aromatic nitrogens is 1. The van der Waals surface area contributed by atoms with Gasteiger partial charge < -0.3 is 19.5 Å². The maximum Gasteiger partial charge on any atom is 0.295 e. The third-order valence-corrected chi connectivity index (χ3v) is 5.62. The summed E-state index contributed by atoms with van der Waals surface area (Å²) in [6.07, 6.45) is 3.21. The van der Waals surface area contributed by atoms with E-state index in [1.165, 1.54) is 29.2 Å². The zero-order valence-electron chi connectivity index (χ0n) is 17.4. The highest BCUT2D eigenvalue weighted by molar-refractivity contribution is 6.46. The van der Waals surface area contributed by atoms with Gasteiger partial charge >= 0.3 is 0 Å². The number of hydrogen-bond donors (Lipinski definition) is 1. The predicted molar refractivity (Wildman–Crippen MR) is 116 cm³/mol. The van der Waals surface area contributed by atoms with Crippen LogP contribution >= 0.6 is 0 Å². The van der Waals surface area contributed by atoms with Gasteiger partial charge in [0.05, 0.1) is 11.6 Å². The number of fused-ring (bicyclic) bond motifs is 1. The summed E-state index contributed by atoms with van der Waals surface area (Å²) in [7, 11) is 0. The summed E-state index contributed by atoms with van der Waals surface area (Å²) in [4.78, 5) is 31.6. The number of aliphatic hydroxyl groups is 1. The van der Waals surface area contributed by atoms with E-state index in [1.54, 1.807) is 42.7 Å². The van der Waals surface area contributed by atoms with E-state index >= 15 is 0 Å². The molecule has 1 N–H and O–H groups in total. The molecule has 2 aliphatic rings. The normalized spacial score (nSPS) is 19.1. The lowest BCUT2D eigenvalue weighted by Gasteiger charge is -2.25. The largest absolute Gasteiger partial charge is 0.507 e. The van der Waals surface area contributed by atoms with Crippen molar-refractivity contribution in [1.82, 2.24) is 9.88 Å². The summed E-state index contributed by atoms with van der Waals surface area (Å²) < 4.78 is 24.7. The second-order valence-corrected chi connectivity index (χ2v) is 7.70. The van der Waals surface area contributed by atoms with E-state index in [1.807, 2.05) is 0 Å². The van der Waals surface area contributed by atoms with Gasteiger partial charge in [-0.3, -0.25) is 14.6 Å². The molecule has 8 heteroatoms. The predicted octanol–water partition coefficient (Wildman–Crippen LogP) is 3.61. The number of hydrogen-bond acceptors (Lipinski definition) is 6. The Kier molecular flexibility index (Phi) is 5.26. The number of carbonyl (C=O) groups is 2. The molecule has 7 nitrogen and oxygen atoms in total. The Bertz CT molecular complexity index is 1260. The topological polar surface area (TPSA) is 89.0 Å². The van der Waals surface area contributed by atoms with Crippen LogP contribution in [-0.2, 0) is 16.1 Å². The van der Waals surface area contributed by atoms with Crippen LogP contribution < -0.4 is 9.47 Å². The minimum atomic E-state index is -0.904. The third kappa shape index (κ3) is 3.80. The minimum Gasteiger partial charge on any atom is -0.507 e. The first-order valence-corrected chi connectivity index (χ1v) is 10.4. The molecule has 0 aliphatic carbocycles. The van der Waals surface area contributed by atoms with Gasteiger partial charge in [0.15, 0.2) is 11.5 Å². The molecule has 1 atom stereocenters. The van der Waals surface area contributed by atoms with E-state index in [9.17, 15) is 19.1 Å². The first-order valence-electron chi connectivity index (χ1n) is 10.4. The van der Waals surface area contributed by atoms with Crippen molar-refractivity contribution in [2.24, 2.45) is 0 Å². The van der Waals surface area contributed by atoms with Crippen molar-refractivity contribution in [3.05, 3.63) is 95.1 Å². The summed E-state index contributed by atoms with van der Waals surface area (Å²) in [5.74, 6) is -1.39. The second-order valence-electron chi connectivity index (χ2n) is 7.70. The van der Waals surface area contributed by atoms with Crippen LogP contribution in [0.1, 0.15) is 22.7 Å². The van der Waals surface area contributed by atoms with Crippen LogP contribution in [0.3, 0.4) is 0 Å². The fourth-order valence-electron chi connectivity index (χ4n) is 4.07. The molecule has 33 heavy (non-hydrogen) atoms. The SMILES string of the molecule is O=C1C(=O)N(Cc2cccnc2)C(c2ccc(F)cc2)C1=C(O)c1ccc2c(c1)OCCO2. The molecule has 166 valence electrons. The molecule has 3 aromatic rings. The first-order chi connectivity index (χ1) is 16.0. The lowest BCUT2D eigenvalue weighted by molar-refractivity contribution is -0.140. The molecule has 3 heterocycles. The van der Waals surface area contributed by atoms with Crippen molar-refractivity contribution in [1.29, 1.82) is 0 Å². The highest BCUT2D eigenvalue weighted by Crippen LogP contribution is 2.41. The number of likely N-dealkylation sites (tertiary alicyclic amines) is 1. The van der Waals surface area contributed by atoms with E-state index in [4.69, 9.17) is 9.47 Å². The van der Waals surface area contributed by atoms with Gasteiger partial charge in [-0.2, -0.15) is 0 Å². The lowest BCUT2D eigenvalue weighted by atomic mass is 9.95. The van der Waals surface area contributed by atoms with Gasteiger partial charge in [-0.05, 0) is 47.5 Å². The summed E-state index contributed by atoms with van der Waals surface area (Å²) in [5.41, 5.74) is 1.45. The fraction of sp³-hybridized carbons (Fsp3) is 0.160. The van der Waals surface area contributed by atoms with Crippen molar-refractivity contribution < 1.29 is 28.6 Å². The monoisotopic (exact) mass is 446 g/mol. The smallest absolute Gasteiger partial charge is 0.295 e. The minimum absolute atomic E-state index is 0.0767. The number of Topliss-reactive ketones (excluding diaryl/α,β-unsaturated/α-hetero) is 1. The Morgan fingerprint density at radius 1 is 1.06 bits per heavy atom. The van der Waals surface area contributed by atoms with Gasteiger partial charge in [0.2, 0.25) is 0 Å². The lowest BCUT2D eigenvalue weighted by Crippen LogP contribution is -2.29. The average Bonchev–Trinajstić information content (AvgIpc) is 3.09. The number of amides is 1. The van der Waals surface area contributed by atoms with Crippen molar-refractivity contribution in [2.75, 3.05) is 13.2 Å². The number of aliphatic hydroxyl groups excluding tert-OH is 1. The zero-order valence-corrected chi connectivity index (χ0v) is 17.4. The van der Waals surface area contributed by atoms with E-state index in [0.29, 0.717) is 41.4 Å². The highest BCUT2D eigenvalue weighted by atomic mass is 19.1. The first kappa shape index (κ1) is 20.7. The third-order valence-electron chi connectivity index (χ3n) is 5.62. The summed E-state index contributed by atoms with van der Waals surface area (Å²) >= 11 is 0. The quantitative estimate of drug-likeness (QED) is 0.374. The van der Waals surface area contributed by atoms with Crippen molar-refractivity contribution in [3.63, 3.8) is 0 Å². The van der Waals surface area contributed by atoms with Gasteiger partial charge in [-0.25, -0.2) is 4.39 Å². The molecular weight excluding hydrogens is 427 g/mol. The van der Waals surface area contributed by atoms with Crippen LogP contribution in [0.4, 0.5) is 4.39 Å². The number of carbonyl (C=O) groups excluding carboxylic acids is 2. The van der Waals surface area contributed by atoms with Crippen LogP contribution in [0.5, 0.6) is 11.5 Å². The maximum absolute atomic E-state index is 13.6. The van der Waals surface area contributed by atoms with Crippen LogP contribution in [0, 0.1) is 5.82 Å². The van der Waals surface area contributed by atoms with Gasteiger partial charge in [-0.1, -0.05) is 18.2 Å². The zero-order chi connectivity index (χ0) is 22.9. The molecule has 2 aliphatic heterocycles. The van der Waals surface area contributed by atoms with Gasteiger partial charge in [-0.15, -0.1) is 0 Å². The van der Waals surface area contributed by atoms with Crippen molar-refractivity contribution in [2.45, 2.75) is 12.6 Å². The Balaban J connectivity index is 1.63. The van der Waals surface area contributed by atoms with E-state index in [0.717, 1.165) is 0 Å². The van der Waals surface area contributed by atoms with Gasteiger partial charge in [0, 0.05) is 24.5 Å². The summed E-state index contributed by atoms with van der Waals surface area (Å²) in [5, 5.41) is 11.2. The van der Waals surface area contributed by atoms with Crippen LogP contribution in [0.15, 0.2) is 72.6 Å². The van der Waals surface area contributed by atoms with Gasteiger partial charge in [0.1, 0.15) is 24.8 Å². The number of ketones is 1. The molecule has 5 rings (SSSR count). The molecule has 2 aromatic carbocycles. The molecule has 0 radical (unpaired) electrons. The molecule has 0 bridgehead atoms. The Morgan fingerprint density at radius 3 is 2.55 bits per heavy atom. The van der Waals surface area contributed by atoms with E-state index < -0.39 is 23.5 Å². The summed E-state index contributed by atoms with van der Waals surface area (Å²) in [6, 6.07) is 12.9. The number of benzene rings is 2. The molecule has 1 amide bonds. The molecule has 1 saturated heterocycles.